The molecule has 1 aromatic carbocycles. The van der Waals surface area contributed by atoms with E-state index in [-0.39, 0.29) is 11.6 Å². The zero-order chi connectivity index (χ0) is 13.1. The van der Waals surface area contributed by atoms with Gasteiger partial charge >= 0.3 is 0 Å². The van der Waals surface area contributed by atoms with Gasteiger partial charge in [-0.2, -0.15) is 0 Å². The average Bonchev–Trinajstić information content (AvgIpc) is 2.38. The molecule has 0 aliphatic rings. The van der Waals surface area contributed by atoms with E-state index in [4.69, 9.17) is 4.74 Å². The van der Waals surface area contributed by atoms with Gasteiger partial charge in [0, 0.05) is 18.2 Å². The van der Waals surface area contributed by atoms with E-state index in [9.17, 15) is 4.79 Å². The molecule has 0 saturated heterocycles. The van der Waals surface area contributed by atoms with Crippen molar-refractivity contribution in [1.29, 1.82) is 0 Å². The summed E-state index contributed by atoms with van der Waals surface area (Å²) in [6, 6.07) is 9.40. The quantitative estimate of drug-likeness (QED) is 0.776. The number of hydrogen-bond donors (Lipinski definition) is 0. The number of carbonyl (C=O) groups is 1. The van der Waals surface area contributed by atoms with Gasteiger partial charge < -0.3 is 4.74 Å². The van der Waals surface area contributed by atoms with Crippen LogP contribution in [0.5, 0.6) is 5.75 Å². The van der Waals surface area contributed by atoms with Crippen LogP contribution in [0.25, 0.3) is 11.3 Å². The second kappa shape index (κ2) is 4.96. The Hall–Kier alpha value is -2.23. The molecule has 0 saturated carbocycles. The van der Waals surface area contributed by atoms with Crippen molar-refractivity contribution in [3.05, 3.63) is 41.9 Å². The number of ketones is 1. The Balaban J connectivity index is 2.60. The Morgan fingerprint density at radius 2 is 1.94 bits per heavy atom. The molecule has 4 heteroatoms. The van der Waals surface area contributed by atoms with Gasteiger partial charge in [0.05, 0.1) is 12.8 Å². The van der Waals surface area contributed by atoms with Gasteiger partial charge in [0.1, 0.15) is 5.75 Å². The van der Waals surface area contributed by atoms with Crippen LogP contribution in [-0.2, 0) is 0 Å². The lowest BCUT2D eigenvalue weighted by molar-refractivity contribution is 0.100. The van der Waals surface area contributed by atoms with Crippen molar-refractivity contribution >= 4 is 5.78 Å². The first-order valence-corrected chi connectivity index (χ1v) is 5.62. The third-order valence-corrected chi connectivity index (χ3v) is 2.55. The summed E-state index contributed by atoms with van der Waals surface area (Å²) in [6.07, 6.45) is 0. The van der Waals surface area contributed by atoms with E-state index in [0.29, 0.717) is 5.69 Å². The van der Waals surface area contributed by atoms with E-state index in [0.717, 1.165) is 17.0 Å². The van der Waals surface area contributed by atoms with Crippen molar-refractivity contribution in [2.75, 3.05) is 7.11 Å². The zero-order valence-electron chi connectivity index (χ0n) is 10.6. The molecule has 0 atom stereocenters. The molecule has 92 valence electrons. The van der Waals surface area contributed by atoms with E-state index in [1.807, 2.05) is 37.3 Å². The fraction of sp³-hybridized carbons (Fsp3) is 0.214. The lowest BCUT2D eigenvalue weighted by Crippen LogP contribution is -2.04. The SMILES string of the molecule is COc1ccccc1-c1cc(C)nc(C(C)=O)n1. The van der Waals surface area contributed by atoms with E-state index in [1.165, 1.54) is 6.92 Å². The molecule has 2 aromatic rings. The summed E-state index contributed by atoms with van der Waals surface area (Å²) in [5.41, 5.74) is 2.31. The number of aryl methyl sites for hydroxylation is 1. The van der Waals surface area contributed by atoms with Crippen LogP contribution in [0.1, 0.15) is 23.2 Å². The molecule has 0 N–H and O–H groups in total. The molecule has 2 rings (SSSR count). The van der Waals surface area contributed by atoms with E-state index < -0.39 is 0 Å². The van der Waals surface area contributed by atoms with Crippen LogP contribution >= 0.6 is 0 Å². The maximum atomic E-state index is 11.4. The Bertz CT molecular complexity index is 594. The van der Waals surface area contributed by atoms with Gasteiger partial charge in [-0.25, -0.2) is 9.97 Å². The zero-order valence-corrected chi connectivity index (χ0v) is 10.6. The number of Topliss-reactive ketones (excluding diaryl/α,β-unsaturated/α-hetero) is 1. The van der Waals surface area contributed by atoms with Crippen LogP contribution in [0.2, 0.25) is 0 Å². The smallest absolute Gasteiger partial charge is 0.196 e. The maximum Gasteiger partial charge on any atom is 0.196 e. The number of para-hydroxylation sites is 1. The van der Waals surface area contributed by atoms with Gasteiger partial charge in [0.15, 0.2) is 11.6 Å². The first-order chi connectivity index (χ1) is 8.61. The van der Waals surface area contributed by atoms with Gasteiger partial charge in [-0.05, 0) is 25.1 Å². The average molecular weight is 242 g/mol. The van der Waals surface area contributed by atoms with Gasteiger partial charge in [0.2, 0.25) is 0 Å². The minimum Gasteiger partial charge on any atom is -0.496 e. The van der Waals surface area contributed by atoms with Crippen LogP contribution in [0.3, 0.4) is 0 Å². The minimum absolute atomic E-state index is 0.144. The maximum absolute atomic E-state index is 11.4. The van der Waals surface area contributed by atoms with Crippen molar-refractivity contribution in [1.82, 2.24) is 9.97 Å². The number of nitrogens with zero attached hydrogens (tertiary/aromatic N) is 2. The van der Waals surface area contributed by atoms with Crippen molar-refractivity contribution in [3.63, 3.8) is 0 Å². The fourth-order valence-corrected chi connectivity index (χ4v) is 1.72. The normalized spacial score (nSPS) is 10.2. The predicted octanol–water partition coefficient (Wildman–Crippen LogP) is 2.66. The highest BCUT2D eigenvalue weighted by Crippen LogP contribution is 2.28. The highest BCUT2D eigenvalue weighted by atomic mass is 16.5. The van der Waals surface area contributed by atoms with E-state index in [1.54, 1.807) is 7.11 Å². The molecular weight excluding hydrogens is 228 g/mol. The van der Waals surface area contributed by atoms with Crippen LogP contribution in [0.15, 0.2) is 30.3 Å². The van der Waals surface area contributed by atoms with Crippen LogP contribution in [-0.4, -0.2) is 22.9 Å². The second-order valence-corrected chi connectivity index (χ2v) is 3.97. The second-order valence-electron chi connectivity index (χ2n) is 3.97. The first kappa shape index (κ1) is 12.2. The molecule has 0 unspecified atom stereocenters. The summed E-state index contributed by atoms with van der Waals surface area (Å²) in [5, 5.41) is 0. The van der Waals surface area contributed by atoms with Crippen LogP contribution < -0.4 is 4.74 Å². The monoisotopic (exact) mass is 242 g/mol. The standard InChI is InChI=1S/C14H14N2O2/c1-9-8-12(16-14(15-9)10(2)17)11-6-4-5-7-13(11)18-3/h4-8H,1-3H3. The third-order valence-electron chi connectivity index (χ3n) is 2.55. The van der Waals surface area contributed by atoms with Crippen molar-refractivity contribution in [2.24, 2.45) is 0 Å². The van der Waals surface area contributed by atoms with Gasteiger partial charge in [-0.3, -0.25) is 4.79 Å². The number of hydrogen-bond acceptors (Lipinski definition) is 4. The molecule has 1 aromatic heterocycles. The molecule has 0 spiro atoms. The lowest BCUT2D eigenvalue weighted by Gasteiger charge is -2.08. The summed E-state index contributed by atoms with van der Waals surface area (Å²) < 4.78 is 5.29. The number of carbonyl (C=O) groups excluding carboxylic acids is 1. The summed E-state index contributed by atoms with van der Waals surface area (Å²) in [5.74, 6) is 0.816. The molecule has 0 bridgehead atoms. The van der Waals surface area contributed by atoms with Crippen LogP contribution in [0.4, 0.5) is 0 Å². The lowest BCUT2D eigenvalue weighted by atomic mass is 10.1. The first-order valence-electron chi connectivity index (χ1n) is 5.62. The third kappa shape index (κ3) is 2.37. The Kier molecular flexibility index (Phi) is 3.37. The topological polar surface area (TPSA) is 52.1 Å². The Labute approximate surface area is 106 Å². The molecule has 0 aliphatic heterocycles. The number of benzene rings is 1. The molecule has 1 heterocycles. The summed E-state index contributed by atoms with van der Waals surface area (Å²) in [4.78, 5) is 19.8. The molecule has 0 aliphatic carbocycles. The fourth-order valence-electron chi connectivity index (χ4n) is 1.72. The Morgan fingerprint density at radius 1 is 1.22 bits per heavy atom. The Morgan fingerprint density at radius 3 is 2.61 bits per heavy atom. The summed E-state index contributed by atoms with van der Waals surface area (Å²) >= 11 is 0. The predicted molar refractivity (Wildman–Crippen MR) is 68.8 cm³/mol. The molecular formula is C14H14N2O2. The number of methoxy groups -OCH3 is 1. The number of aromatic nitrogens is 2. The van der Waals surface area contributed by atoms with Crippen molar-refractivity contribution in [2.45, 2.75) is 13.8 Å². The van der Waals surface area contributed by atoms with Crippen molar-refractivity contribution in [3.8, 4) is 17.0 Å². The largest absolute Gasteiger partial charge is 0.496 e. The van der Waals surface area contributed by atoms with Gasteiger partial charge in [-0.15, -0.1) is 0 Å². The molecule has 0 fully saturated rings. The van der Waals surface area contributed by atoms with Gasteiger partial charge in [-0.1, -0.05) is 12.1 Å². The molecule has 0 amide bonds. The van der Waals surface area contributed by atoms with Crippen molar-refractivity contribution < 1.29 is 9.53 Å². The summed E-state index contributed by atoms with van der Waals surface area (Å²) in [6.45, 7) is 3.30. The highest BCUT2D eigenvalue weighted by molar-refractivity contribution is 5.90. The minimum atomic E-state index is -0.144. The van der Waals surface area contributed by atoms with E-state index >= 15 is 0 Å². The number of ether oxygens (including phenoxy) is 1. The number of rotatable bonds is 3. The molecule has 18 heavy (non-hydrogen) atoms. The van der Waals surface area contributed by atoms with Crippen LogP contribution in [0, 0.1) is 6.92 Å². The highest BCUT2D eigenvalue weighted by Gasteiger charge is 2.11. The van der Waals surface area contributed by atoms with E-state index in [2.05, 4.69) is 9.97 Å². The molecule has 4 nitrogen and oxygen atoms in total. The van der Waals surface area contributed by atoms with Gasteiger partial charge in [0.25, 0.3) is 0 Å². The molecule has 0 radical (unpaired) electrons. The summed E-state index contributed by atoms with van der Waals surface area (Å²) in [7, 11) is 1.61.